The third-order valence-electron chi connectivity index (χ3n) is 4.86. The number of hydrogen-bond acceptors (Lipinski definition) is 5. The summed E-state index contributed by atoms with van der Waals surface area (Å²) in [6.07, 6.45) is 0. The molecule has 0 fully saturated rings. The summed E-state index contributed by atoms with van der Waals surface area (Å²) in [7, 11) is 0. The third-order valence-corrected chi connectivity index (χ3v) is 5.69. The third kappa shape index (κ3) is 5.56. The van der Waals surface area contributed by atoms with Gasteiger partial charge in [0, 0.05) is 17.3 Å². The van der Waals surface area contributed by atoms with Gasteiger partial charge in [-0.05, 0) is 49.0 Å². The zero-order valence-corrected chi connectivity index (χ0v) is 20.3. The van der Waals surface area contributed by atoms with E-state index in [0.29, 0.717) is 39.4 Å². The normalized spacial score (nSPS) is 10.6. The number of aromatic nitrogens is 1. The highest BCUT2D eigenvalue weighted by Crippen LogP contribution is 2.36. The van der Waals surface area contributed by atoms with Crippen LogP contribution in [0.5, 0.6) is 5.75 Å². The summed E-state index contributed by atoms with van der Waals surface area (Å²) in [5.41, 5.74) is 2.56. The number of benzene rings is 3. The van der Waals surface area contributed by atoms with E-state index >= 15 is 0 Å². The SMILES string of the molecule is Cc1onc(-c2c(Cl)cccc2Cl)c1C(=O)NC(=S)Nc1cccc(OCc2ccccc2)c1. The molecule has 0 atom stereocenters. The molecule has 0 radical (unpaired) electrons. The number of thiocarbonyl (C=S) groups is 1. The Kier molecular flexibility index (Phi) is 7.47. The van der Waals surface area contributed by atoms with Gasteiger partial charge >= 0.3 is 0 Å². The second kappa shape index (κ2) is 10.7. The first-order valence-corrected chi connectivity index (χ1v) is 11.4. The van der Waals surface area contributed by atoms with Gasteiger partial charge in [0.1, 0.15) is 29.4 Å². The van der Waals surface area contributed by atoms with Crippen molar-refractivity contribution in [3.8, 4) is 17.0 Å². The topological polar surface area (TPSA) is 76.4 Å². The van der Waals surface area contributed by atoms with E-state index in [1.165, 1.54) is 0 Å². The van der Waals surface area contributed by atoms with E-state index in [1.54, 1.807) is 31.2 Å². The van der Waals surface area contributed by atoms with E-state index in [0.717, 1.165) is 5.56 Å². The number of carbonyl (C=O) groups is 1. The Bertz CT molecular complexity index is 1320. The van der Waals surface area contributed by atoms with E-state index < -0.39 is 5.91 Å². The number of anilines is 1. The summed E-state index contributed by atoms with van der Waals surface area (Å²) in [5.74, 6) is 0.467. The van der Waals surface area contributed by atoms with Crippen molar-refractivity contribution >= 4 is 52.1 Å². The Morgan fingerprint density at radius 1 is 1.03 bits per heavy atom. The molecule has 3 aromatic carbocycles. The molecule has 2 N–H and O–H groups in total. The molecule has 6 nitrogen and oxygen atoms in total. The first kappa shape index (κ1) is 23.8. The van der Waals surface area contributed by atoms with E-state index in [9.17, 15) is 4.79 Å². The van der Waals surface area contributed by atoms with Crippen LogP contribution in [0.1, 0.15) is 21.7 Å². The van der Waals surface area contributed by atoms with Gasteiger partial charge in [-0.15, -0.1) is 0 Å². The van der Waals surface area contributed by atoms with Gasteiger partial charge in [-0.3, -0.25) is 10.1 Å². The molecule has 9 heteroatoms. The average Bonchev–Trinajstić information content (AvgIpc) is 3.19. The number of nitrogens with zero attached hydrogens (tertiary/aromatic N) is 1. The van der Waals surface area contributed by atoms with Crippen LogP contribution in [0.25, 0.3) is 11.3 Å². The van der Waals surface area contributed by atoms with Crippen molar-refractivity contribution in [1.29, 1.82) is 0 Å². The predicted molar refractivity (Wildman–Crippen MR) is 138 cm³/mol. The lowest BCUT2D eigenvalue weighted by Gasteiger charge is -2.12. The molecule has 1 amide bonds. The molecule has 0 unspecified atom stereocenters. The Morgan fingerprint density at radius 2 is 1.74 bits per heavy atom. The fraction of sp³-hybridized carbons (Fsp3) is 0.0800. The molecule has 4 rings (SSSR count). The minimum Gasteiger partial charge on any atom is -0.489 e. The van der Waals surface area contributed by atoms with Crippen LogP contribution in [-0.4, -0.2) is 16.2 Å². The lowest BCUT2D eigenvalue weighted by Crippen LogP contribution is -2.34. The molecule has 0 saturated carbocycles. The van der Waals surface area contributed by atoms with E-state index in [2.05, 4.69) is 15.8 Å². The lowest BCUT2D eigenvalue weighted by atomic mass is 10.1. The largest absolute Gasteiger partial charge is 0.489 e. The van der Waals surface area contributed by atoms with Crippen molar-refractivity contribution in [3.05, 3.63) is 99.7 Å². The predicted octanol–water partition coefficient (Wildman–Crippen LogP) is 6.66. The molecule has 0 bridgehead atoms. The Labute approximate surface area is 211 Å². The molecule has 0 aliphatic carbocycles. The lowest BCUT2D eigenvalue weighted by molar-refractivity contribution is 0.0977. The number of ether oxygens (including phenoxy) is 1. The van der Waals surface area contributed by atoms with Crippen molar-refractivity contribution in [2.24, 2.45) is 0 Å². The van der Waals surface area contributed by atoms with Crippen LogP contribution in [0.2, 0.25) is 10.0 Å². The van der Waals surface area contributed by atoms with Crippen LogP contribution in [0.3, 0.4) is 0 Å². The summed E-state index contributed by atoms with van der Waals surface area (Å²) in [6, 6.07) is 22.2. The number of nitrogens with one attached hydrogen (secondary N) is 2. The molecule has 4 aromatic rings. The second-order valence-electron chi connectivity index (χ2n) is 7.27. The molecular formula is C25H19Cl2N3O3S. The van der Waals surface area contributed by atoms with Crippen molar-refractivity contribution in [3.63, 3.8) is 0 Å². The highest BCUT2D eigenvalue weighted by Gasteiger charge is 2.25. The van der Waals surface area contributed by atoms with Gasteiger partial charge in [-0.1, -0.05) is 70.8 Å². The van der Waals surface area contributed by atoms with Gasteiger partial charge in [-0.2, -0.15) is 0 Å². The van der Waals surface area contributed by atoms with Crippen molar-refractivity contribution in [2.45, 2.75) is 13.5 Å². The standard InChI is InChI=1S/C25H19Cl2N3O3S/c1-15-21(23(30-33-15)22-19(26)11-6-12-20(22)27)24(31)29-25(34)28-17-9-5-10-18(13-17)32-14-16-7-3-2-4-8-16/h2-13H,14H2,1H3,(H2,28,29,31,34). The number of amides is 1. The maximum Gasteiger partial charge on any atom is 0.263 e. The summed E-state index contributed by atoms with van der Waals surface area (Å²) >= 11 is 17.9. The Morgan fingerprint density at radius 3 is 2.47 bits per heavy atom. The number of aryl methyl sites for hydroxylation is 1. The van der Waals surface area contributed by atoms with Crippen LogP contribution in [-0.2, 0) is 6.61 Å². The minimum atomic E-state index is -0.501. The monoisotopic (exact) mass is 511 g/mol. The smallest absolute Gasteiger partial charge is 0.263 e. The summed E-state index contributed by atoms with van der Waals surface area (Å²) < 4.78 is 11.1. The van der Waals surface area contributed by atoms with E-state index in [-0.39, 0.29) is 16.4 Å². The zero-order chi connectivity index (χ0) is 24.1. The van der Waals surface area contributed by atoms with Crippen molar-refractivity contribution in [1.82, 2.24) is 10.5 Å². The summed E-state index contributed by atoms with van der Waals surface area (Å²) in [5, 5.41) is 10.4. The molecule has 172 valence electrons. The Hall–Kier alpha value is -3.39. The first-order valence-electron chi connectivity index (χ1n) is 10.2. The van der Waals surface area contributed by atoms with Crippen molar-refractivity contribution < 1.29 is 14.1 Å². The highest BCUT2D eigenvalue weighted by atomic mass is 35.5. The second-order valence-corrected chi connectivity index (χ2v) is 8.49. The molecule has 1 aromatic heterocycles. The number of carbonyl (C=O) groups excluding carboxylic acids is 1. The minimum absolute atomic E-state index is 0.0991. The van der Waals surface area contributed by atoms with E-state index in [1.807, 2.05) is 48.5 Å². The molecule has 0 spiro atoms. The summed E-state index contributed by atoms with van der Waals surface area (Å²) in [4.78, 5) is 13.0. The number of hydrogen-bond donors (Lipinski definition) is 2. The molecule has 34 heavy (non-hydrogen) atoms. The maximum absolute atomic E-state index is 13.0. The number of halogens is 2. The summed E-state index contributed by atoms with van der Waals surface area (Å²) in [6.45, 7) is 2.06. The van der Waals surface area contributed by atoms with Crippen LogP contribution in [0.4, 0.5) is 5.69 Å². The van der Waals surface area contributed by atoms with Crippen LogP contribution in [0.15, 0.2) is 77.3 Å². The quantitative estimate of drug-likeness (QED) is 0.281. The van der Waals surface area contributed by atoms with Gasteiger partial charge in [0.15, 0.2) is 5.11 Å². The van der Waals surface area contributed by atoms with Crippen LogP contribution >= 0.6 is 35.4 Å². The molecule has 0 saturated heterocycles. The average molecular weight is 512 g/mol. The highest BCUT2D eigenvalue weighted by molar-refractivity contribution is 7.80. The maximum atomic E-state index is 13.0. The Balaban J connectivity index is 1.44. The fourth-order valence-electron chi connectivity index (χ4n) is 3.27. The molecule has 0 aliphatic rings. The van der Waals surface area contributed by atoms with Gasteiger partial charge in [0.25, 0.3) is 5.91 Å². The molecule has 0 aliphatic heterocycles. The van der Waals surface area contributed by atoms with Gasteiger partial charge in [0.05, 0.1) is 10.0 Å². The van der Waals surface area contributed by atoms with Crippen LogP contribution in [0, 0.1) is 6.92 Å². The molecule has 1 heterocycles. The van der Waals surface area contributed by atoms with Gasteiger partial charge in [0.2, 0.25) is 0 Å². The van der Waals surface area contributed by atoms with E-state index in [4.69, 9.17) is 44.7 Å². The first-order chi connectivity index (χ1) is 16.4. The molecular weight excluding hydrogens is 493 g/mol. The zero-order valence-electron chi connectivity index (χ0n) is 18.0. The van der Waals surface area contributed by atoms with Crippen molar-refractivity contribution in [2.75, 3.05) is 5.32 Å². The van der Waals surface area contributed by atoms with Gasteiger partial charge in [-0.25, -0.2) is 0 Å². The van der Waals surface area contributed by atoms with Crippen LogP contribution < -0.4 is 15.4 Å². The van der Waals surface area contributed by atoms with Gasteiger partial charge < -0.3 is 14.6 Å². The number of rotatable bonds is 6. The fourth-order valence-corrected chi connectivity index (χ4v) is 4.05.